The van der Waals surface area contributed by atoms with E-state index in [4.69, 9.17) is 0 Å². The van der Waals surface area contributed by atoms with Crippen LogP contribution in [-0.4, -0.2) is 47.8 Å². The summed E-state index contributed by atoms with van der Waals surface area (Å²) in [7, 11) is 0. The SMILES string of the molecule is CCN(CC)CC(C)(CO)NC(C)C. The first-order valence-corrected chi connectivity index (χ1v) is 5.58. The minimum atomic E-state index is -0.180. The third-order valence-electron chi connectivity index (χ3n) is 2.45. The summed E-state index contributed by atoms with van der Waals surface area (Å²) in [6.45, 7) is 13.7. The Kier molecular flexibility index (Phi) is 6.33. The van der Waals surface area contributed by atoms with Crippen LogP contribution in [0.2, 0.25) is 0 Å². The van der Waals surface area contributed by atoms with E-state index >= 15 is 0 Å². The predicted molar refractivity (Wildman–Crippen MR) is 61.6 cm³/mol. The molecule has 0 aliphatic rings. The largest absolute Gasteiger partial charge is 0.394 e. The lowest BCUT2D eigenvalue weighted by atomic mass is 10.0. The van der Waals surface area contributed by atoms with Crippen molar-refractivity contribution in [2.24, 2.45) is 0 Å². The summed E-state index contributed by atoms with van der Waals surface area (Å²) in [4.78, 5) is 2.33. The molecule has 0 rings (SSSR count). The lowest BCUT2D eigenvalue weighted by Crippen LogP contribution is -2.56. The van der Waals surface area contributed by atoms with E-state index in [1.165, 1.54) is 0 Å². The Morgan fingerprint density at radius 3 is 2.07 bits per heavy atom. The summed E-state index contributed by atoms with van der Waals surface area (Å²) in [5, 5.41) is 12.8. The average Bonchev–Trinajstić information content (AvgIpc) is 2.13. The fraction of sp³-hybridized carbons (Fsp3) is 1.00. The highest BCUT2D eigenvalue weighted by Crippen LogP contribution is 2.07. The van der Waals surface area contributed by atoms with Crippen LogP contribution in [0.4, 0.5) is 0 Å². The average molecular weight is 202 g/mol. The van der Waals surface area contributed by atoms with Gasteiger partial charge >= 0.3 is 0 Å². The normalized spacial score (nSPS) is 16.3. The molecule has 86 valence electrons. The number of likely N-dealkylation sites (N-methyl/N-ethyl adjacent to an activating group) is 1. The maximum atomic E-state index is 9.38. The molecule has 0 saturated heterocycles. The van der Waals surface area contributed by atoms with Gasteiger partial charge in [-0.05, 0) is 20.0 Å². The van der Waals surface area contributed by atoms with E-state index in [2.05, 4.69) is 44.8 Å². The van der Waals surface area contributed by atoms with Gasteiger partial charge in [-0.25, -0.2) is 0 Å². The van der Waals surface area contributed by atoms with Gasteiger partial charge in [0, 0.05) is 12.6 Å². The van der Waals surface area contributed by atoms with Crippen LogP contribution < -0.4 is 5.32 Å². The van der Waals surface area contributed by atoms with Crippen LogP contribution in [0.25, 0.3) is 0 Å². The van der Waals surface area contributed by atoms with Crippen molar-refractivity contribution >= 4 is 0 Å². The number of hydrogen-bond acceptors (Lipinski definition) is 3. The molecule has 0 aromatic heterocycles. The van der Waals surface area contributed by atoms with E-state index in [9.17, 15) is 5.11 Å². The Balaban J connectivity index is 4.22. The Labute approximate surface area is 88.5 Å². The first-order valence-electron chi connectivity index (χ1n) is 5.58. The van der Waals surface area contributed by atoms with Gasteiger partial charge in [-0.1, -0.05) is 27.7 Å². The topological polar surface area (TPSA) is 35.5 Å². The monoisotopic (exact) mass is 202 g/mol. The zero-order valence-corrected chi connectivity index (χ0v) is 10.3. The second-order valence-electron chi connectivity index (χ2n) is 4.48. The molecule has 0 amide bonds. The summed E-state index contributed by atoms with van der Waals surface area (Å²) in [5.74, 6) is 0. The minimum absolute atomic E-state index is 0.180. The Morgan fingerprint density at radius 2 is 1.79 bits per heavy atom. The van der Waals surface area contributed by atoms with E-state index in [1.807, 2.05) is 0 Å². The Bertz CT molecular complexity index is 146. The molecule has 0 saturated carbocycles. The maximum Gasteiger partial charge on any atom is 0.0623 e. The molecule has 3 heteroatoms. The summed E-state index contributed by atoms with van der Waals surface area (Å²) >= 11 is 0. The summed E-state index contributed by atoms with van der Waals surface area (Å²) < 4.78 is 0. The van der Waals surface area contributed by atoms with Crippen LogP contribution >= 0.6 is 0 Å². The van der Waals surface area contributed by atoms with E-state index in [1.54, 1.807) is 0 Å². The van der Waals surface area contributed by atoms with Gasteiger partial charge in [0.2, 0.25) is 0 Å². The van der Waals surface area contributed by atoms with E-state index in [0.717, 1.165) is 19.6 Å². The second kappa shape index (κ2) is 6.38. The maximum absolute atomic E-state index is 9.38. The van der Waals surface area contributed by atoms with Crippen molar-refractivity contribution in [1.29, 1.82) is 0 Å². The number of nitrogens with zero attached hydrogens (tertiary/aromatic N) is 1. The quantitative estimate of drug-likeness (QED) is 0.648. The van der Waals surface area contributed by atoms with Gasteiger partial charge in [0.15, 0.2) is 0 Å². The molecule has 0 heterocycles. The smallest absolute Gasteiger partial charge is 0.0623 e. The lowest BCUT2D eigenvalue weighted by molar-refractivity contribution is 0.118. The fourth-order valence-electron chi connectivity index (χ4n) is 1.78. The van der Waals surface area contributed by atoms with Crippen LogP contribution in [0, 0.1) is 0 Å². The van der Waals surface area contributed by atoms with Crippen LogP contribution in [0.15, 0.2) is 0 Å². The van der Waals surface area contributed by atoms with Gasteiger partial charge in [-0.15, -0.1) is 0 Å². The first kappa shape index (κ1) is 13.9. The molecule has 0 spiro atoms. The van der Waals surface area contributed by atoms with Gasteiger partial charge in [-0.2, -0.15) is 0 Å². The van der Waals surface area contributed by atoms with Crippen LogP contribution in [-0.2, 0) is 0 Å². The summed E-state index contributed by atoms with van der Waals surface area (Å²) in [5.41, 5.74) is -0.180. The molecule has 0 bridgehead atoms. The van der Waals surface area contributed by atoms with Gasteiger partial charge in [-0.3, -0.25) is 0 Å². The number of nitrogens with one attached hydrogen (secondary N) is 1. The van der Waals surface area contributed by atoms with Crippen molar-refractivity contribution in [2.45, 2.75) is 46.2 Å². The fourth-order valence-corrected chi connectivity index (χ4v) is 1.78. The third kappa shape index (κ3) is 4.94. The van der Waals surface area contributed by atoms with Gasteiger partial charge < -0.3 is 15.3 Å². The molecular formula is C11H26N2O. The van der Waals surface area contributed by atoms with E-state index in [-0.39, 0.29) is 12.1 Å². The molecule has 2 N–H and O–H groups in total. The third-order valence-corrected chi connectivity index (χ3v) is 2.45. The lowest BCUT2D eigenvalue weighted by Gasteiger charge is -2.35. The predicted octanol–water partition coefficient (Wildman–Crippen LogP) is 1.08. The molecule has 0 aromatic carbocycles. The van der Waals surface area contributed by atoms with E-state index < -0.39 is 0 Å². The Morgan fingerprint density at radius 1 is 1.29 bits per heavy atom. The van der Waals surface area contributed by atoms with Crippen molar-refractivity contribution < 1.29 is 5.11 Å². The van der Waals surface area contributed by atoms with Gasteiger partial charge in [0.25, 0.3) is 0 Å². The highest BCUT2D eigenvalue weighted by Gasteiger charge is 2.25. The molecule has 0 radical (unpaired) electrons. The van der Waals surface area contributed by atoms with Crippen LogP contribution in [0.5, 0.6) is 0 Å². The molecular weight excluding hydrogens is 176 g/mol. The number of aliphatic hydroxyl groups is 1. The molecule has 0 fully saturated rings. The molecule has 0 aliphatic carbocycles. The van der Waals surface area contributed by atoms with Gasteiger partial charge in [0.1, 0.15) is 0 Å². The molecule has 0 aromatic rings. The zero-order chi connectivity index (χ0) is 11.2. The summed E-state index contributed by atoms with van der Waals surface area (Å²) in [6, 6.07) is 0.405. The van der Waals surface area contributed by atoms with Crippen LogP contribution in [0.3, 0.4) is 0 Å². The molecule has 0 aliphatic heterocycles. The van der Waals surface area contributed by atoms with Crippen molar-refractivity contribution in [3.8, 4) is 0 Å². The molecule has 1 atom stereocenters. The molecule has 3 nitrogen and oxygen atoms in total. The van der Waals surface area contributed by atoms with Crippen molar-refractivity contribution in [3.05, 3.63) is 0 Å². The second-order valence-corrected chi connectivity index (χ2v) is 4.48. The summed E-state index contributed by atoms with van der Waals surface area (Å²) in [6.07, 6.45) is 0. The molecule has 14 heavy (non-hydrogen) atoms. The number of rotatable bonds is 7. The molecule has 1 unspecified atom stereocenters. The zero-order valence-electron chi connectivity index (χ0n) is 10.3. The number of aliphatic hydroxyl groups excluding tert-OH is 1. The van der Waals surface area contributed by atoms with E-state index in [0.29, 0.717) is 6.04 Å². The first-order chi connectivity index (χ1) is 6.47. The van der Waals surface area contributed by atoms with Crippen molar-refractivity contribution in [2.75, 3.05) is 26.2 Å². The minimum Gasteiger partial charge on any atom is -0.394 e. The highest BCUT2D eigenvalue weighted by atomic mass is 16.3. The van der Waals surface area contributed by atoms with Crippen LogP contribution in [0.1, 0.15) is 34.6 Å². The van der Waals surface area contributed by atoms with Crippen molar-refractivity contribution in [3.63, 3.8) is 0 Å². The van der Waals surface area contributed by atoms with Crippen molar-refractivity contribution in [1.82, 2.24) is 10.2 Å². The number of hydrogen-bond donors (Lipinski definition) is 2. The van der Waals surface area contributed by atoms with Gasteiger partial charge in [0.05, 0.1) is 12.1 Å². The Hall–Kier alpha value is -0.120. The highest BCUT2D eigenvalue weighted by molar-refractivity contribution is 4.87. The standard InChI is InChI=1S/C11H26N2O/c1-6-13(7-2)8-11(5,9-14)12-10(3)4/h10,12,14H,6-9H2,1-5H3.